The van der Waals surface area contributed by atoms with E-state index >= 15 is 0 Å². The zero-order valence-electron chi connectivity index (χ0n) is 9.53. The third-order valence-corrected chi connectivity index (χ3v) is 3.38. The van der Waals surface area contributed by atoms with Gasteiger partial charge < -0.3 is 10.4 Å². The van der Waals surface area contributed by atoms with Crippen molar-refractivity contribution in [2.45, 2.75) is 32.2 Å². The number of hydrogen-bond acceptors (Lipinski definition) is 3. The van der Waals surface area contributed by atoms with E-state index in [0.29, 0.717) is 32.1 Å². The van der Waals surface area contributed by atoms with Crippen LogP contribution in [0, 0.1) is 5.41 Å². The molecule has 2 aliphatic rings. The second-order valence-corrected chi connectivity index (χ2v) is 5.17. The van der Waals surface area contributed by atoms with Gasteiger partial charge in [0.15, 0.2) is 0 Å². The van der Waals surface area contributed by atoms with E-state index in [1.165, 1.54) is 0 Å². The average molecular weight is 226 g/mol. The normalized spacial score (nSPS) is 30.3. The molecule has 0 spiro atoms. The minimum Gasteiger partial charge on any atom is -0.481 e. The maximum Gasteiger partial charge on any atom is 0.310 e. The molecule has 2 rings (SSSR count). The summed E-state index contributed by atoms with van der Waals surface area (Å²) in [5.74, 6) is -0.741. The molecule has 1 saturated carbocycles. The van der Waals surface area contributed by atoms with Gasteiger partial charge in [0.1, 0.15) is 0 Å². The number of carbonyl (C=O) groups excluding carboxylic acids is 1. The van der Waals surface area contributed by atoms with Crippen LogP contribution in [0.15, 0.2) is 0 Å². The monoisotopic (exact) mass is 226 g/mol. The number of carboxylic acid groups (broad SMARTS) is 1. The van der Waals surface area contributed by atoms with Crippen LogP contribution in [0.5, 0.6) is 0 Å². The summed E-state index contributed by atoms with van der Waals surface area (Å²) in [7, 11) is 0. The standard InChI is InChI=1S/C11H18N2O3/c1-11(10(15)16)4-5-13(7-11)6-9(14)12-8-2-3-8/h8H,2-7H2,1H3,(H,12,14)(H,15,16). The van der Waals surface area contributed by atoms with Gasteiger partial charge in [0.2, 0.25) is 5.91 Å². The van der Waals surface area contributed by atoms with Crippen LogP contribution < -0.4 is 5.32 Å². The van der Waals surface area contributed by atoms with E-state index in [9.17, 15) is 9.59 Å². The Morgan fingerprint density at radius 3 is 2.69 bits per heavy atom. The highest BCUT2D eigenvalue weighted by Crippen LogP contribution is 2.29. The minimum absolute atomic E-state index is 0.0251. The molecule has 1 unspecified atom stereocenters. The van der Waals surface area contributed by atoms with Crippen LogP contribution in [0.1, 0.15) is 26.2 Å². The molecule has 0 aromatic rings. The van der Waals surface area contributed by atoms with Gasteiger partial charge in [-0.1, -0.05) is 0 Å². The van der Waals surface area contributed by atoms with Crippen molar-refractivity contribution in [2.24, 2.45) is 5.41 Å². The fourth-order valence-corrected chi connectivity index (χ4v) is 2.07. The average Bonchev–Trinajstić information content (AvgIpc) is 2.90. The molecule has 5 nitrogen and oxygen atoms in total. The number of carboxylic acids is 1. The quantitative estimate of drug-likeness (QED) is 0.711. The van der Waals surface area contributed by atoms with E-state index in [2.05, 4.69) is 5.32 Å². The number of nitrogens with zero attached hydrogens (tertiary/aromatic N) is 1. The summed E-state index contributed by atoms with van der Waals surface area (Å²) >= 11 is 0. The first-order valence-corrected chi connectivity index (χ1v) is 5.75. The summed E-state index contributed by atoms with van der Waals surface area (Å²) in [5.41, 5.74) is -0.681. The SMILES string of the molecule is CC1(C(=O)O)CCN(CC(=O)NC2CC2)C1. The molecule has 16 heavy (non-hydrogen) atoms. The molecule has 1 amide bonds. The maximum absolute atomic E-state index is 11.5. The van der Waals surface area contributed by atoms with Crippen LogP contribution >= 0.6 is 0 Å². The molecule has 1 atom stereocenters. The van der Waals surface area contributed by atoms with E-state index in [0.717, 1.165) is 12.8 Å². The van der Waals surface area contributed by atoms with Crippen molar-refractivity contribution in [3.8, 4) is 0 Å². The Bertz CT molecular complexity index is 314. The van der Waals surface area contributed by atoms with Gasteiger partial charge in [-0.3, -0.25) is 14.5 Å². The van der Waals surface area contributed by atoms with Crippen molar-refractivity contribution in [1.29, 1.82) is 0 Å². The highest BCUT2D eigenvalue weighted by molar-refractivity contribution is 5.79. The lowest BCUT2D eigenvalue weighted by molar-refractivity contribution is -0.147. The molecule has 1 aliphatic carbocycles. The van der Waals surface area contributed by atoms with Crippen LogP contribution in [0.4, 0.5) is 0 Å². The van der Waals surface area contributed by atoms with Gasteiger partial charge in [0.05, 0.1) is 12.0 Å². The zero-order valence-corrected chi connectivity index (χ0v) is 9.53. The lowest BCUT2D eigenvalue weighted by Crippen LogP contribution is -2.39. The predicted molar refractivity (Wildman–Crippen MR) is 58.0 cm³/mol. The Labute approximate surface area is 94.8 Å². The Morgan fingerprint density at radius 1 is 1.50 bits per heavy atom. The third-order valence-electron chi connectivity index (χ3n) is 3.38. The van der Waals surface area contributed by atoms with Gasteiger partial charge in [0.25, 0.3) is 0 Å². The predicted octanol–water partition coefficient (Wildman–Crippen LogP) is 0.0616. The first kappa shape index (κ1) is 11.4. The molecule has 0 aromatic heterocycles. The van der Waals surface area contributed by atoms with Gasteiger partial charge in [-0.15, -0.1) is 0 Å². The summed E-state index contributed by atoms with van der Waals surface area (Å²) in [6.07, 6.45) is 2.79. The van der Waals surface area contributed by atoms with Crippen molar-refractivity contribution in [2.75, 3.05) is 19.6 Å². The van der Waals surface area contributed by atoms with E-state index < -0.39 is 11.4 Å². The number of carbonyl (C=O) groups is 2. The summed E-state index contributed by atoms with van der Waals surface area (Å²) in [5, 5.41) is 12.0. The van der Waals surface area contributed by atoms with Gasteiger partial charge in [-0.05, 0) is 32.7 Å². The van der Waals surface area contributed by atoms with Crippen LogP contribution in [0.2, 0.25) is 0 Å². The first-order valence-electron chi connectivity index (χ1n) is 5.75. The summed E-state index contributed by atoms with van der Waals surface area (Å²) in [4.78, 5) is 24.5. The Kier molecular flexibility index (Phi) is 2.88. The summed E-state index contributed by atoms with van der Waals surface area (Å²) in [6, 6.07) is 0.376. The van der Waals surface area contributed by atoms with Gasteiger partial charge in [0, 0.05) is 12.6 Å². The Balaban J connectivity index is 1.79. The summed E-state index contributed by atoms with van der Waals surface area (Å²) < 4.78 is 0. The lowest BCUT2D eigenvalue weighted by atomic mass is 9.90. The molecule has 1 heterocycles. The molecular formula is C11H18N2O3. The molecule has 5 heteroatoms. The highest BCUT2D eigenvalue weighted by atomic mass is 16.4. The molecule has 0 aromatic carbocycles. The molecule has 2 N–H and O–H groups in total. The van der Waals surface area contributed by atoms with Crippen LogP contribution in [-0.4, -0.2) is 47.6 Å². The van der Waals surface area contributed by atoms with E-state index in [4.69, 9.17) is 5.11 Å². The van der Waals surface area contributed by atoms with Crippen LogP contribution in [0.3, 0.4) is 0 Å². The Hall–Kier alpha value is -1.10. The number of aliphatic carboxylic acids is 1. The number of hydrogen-bond donors (Lipinski definition) is 2. The van der Waals surface area contributed by atoms with Crippen LogP contribution in [-0.2, 0) is 9.59 Å². The molecule has 2 fully saturated rings. The van der Waals surface area contributed by atoms with Gasteiger partial charge in [-0.25, -0.2) is 0 Å². The number of amides is 1. The highest BCUT2D eigenvalue weighted by Gasteiger charge is 2.40. The molecule has 1 saturated heterocycles. The fourth-order valence-electron chi connectivity index (χ4n) is 2.07. The van der Waals surface area contributed by atoms with Crippen molar-refractivity contribution < 1.29 is 14.7 Å². The molecular weight excluding hydrogens is 208 g/mol. The number of rotatable bonds is 4. The van der Waals surface area contributed by atoms with E-state index in [1.807, 2.05) is 4.90 Å². The van der Waals surface area contributed by atoms with Gasteiger partial charge in [-0.2, -0.15) is 0 Å². The lowest BCUT2D eigenvalue weighted by Gasteiger charge is -2.19. The third kappa shape index (κ3) is 2.52. The molecule has 0 radical (unpaired) electrons. The van der Waals surface area contributed by atoms with Crippen molar-refractivity contribution >= 4 is 11.9 Å². The summed E-state index contributed by atoms with van der Waals surface area (Å²) in [6.45, 7) is 3.24. The Morgan fingerprint density at radius 2 is 2.19 bits per heavy atom. The molecule has 0 bridgehead atoms. The fraction of sp³-hybridized carbons (Fsp3) is 0.818. The minimum atomic E-state index is -0.766. The zero-order chi connectivity index (χ0) is 11.8. The van der Waals surface area contributed by atoms with E-state index in [-0.39, 0.29) is 5.91 Å². The van der Waals surface area contributed by atoms with E-state index in [1.54, 1.807) is 6.92 Å². The maximum atomic E-state index is 11.5. The van der Waals surface area contributed by atoms with Crippen molar-refractivity contribution in [3.63, 3.8) is 0 Å². The second-order valence-electron chi connectivity index (χ2n) is 5.17. The first-order chi connectivity index (χ1) is 7.49. The molecule has 1 aliphatic heterocycles. The second kappa shape index (κ2) is 4.05. The smallest absolute Gasteiger partial charge is 0.310 e. The number of nitrogens with one attached hydrogen (secondary N) is 1. The number of likely N-dealkylation sites (tertiary alicyclic amines) is 1. The van der Waals surface area contributed by atoms with Crippen LogP contribution in [0.25, 0.3) is 0 Å². The van der Waals surface area contributed by atoms with Crippen molar-refractivity contribution in [3.05, 3.63) is 0 Å². The van der Waals surface area contributed by atoms with Crippen molar-refractivity contribution in [1.82, 2.24) is 10.2 Å². The van der Waals surface area contributed by atoms with Gasteiger partial charge >= 0.3 is 5.97 Å². The topological polar surface area (TPSA) is 69.6 Å². The largest absolute Gasteiger partial charge is 0.481 e. The molecule has 90 valence electrons.